The monoisotopic (exact) mass is 422 g/mol. The van der Waals surface area contributed by atoms with Crippen molar-refractivity contribution in [3.63, 3.8) is 0 Å². The highest BCUT2D eigenvalue weighted by Gasteiger charge is 2.39. The quantitative estimate of drug-likeness (QED) is 0.817. The van der Waals surface area contributed by atoms with Crippen molar-refractivity contribution in [2.75, 3.05) is 26.0 Å². The Morgan fingerprint density at radius 1 is 1.07 bits per heavy atom. The fourth-order valence-electron chi connectivity index (χ4n) is 3.47. The van der Waals surface area contributed by atoms with Crippen LogP contribution < -0.4 is 5.32 Å². The van der Waals surface area contributed by atoms with Gasteiger partial charge in [0.1, 0.15) is 0 Å². The first-order chi connectivity index (χ1) is 13.7. The maximum Gasteiger partial charge on any atom is 0.417 e. The van der Waals surface area contributed by atoms with Crippen molar-refractivity contribution in [2.24, 2.45) is 15.2 Å². The van der Waals surface area contributed by atoms with Crippen LogP contribution in [0.25, 0.3) is 11.1 Å². The first-order valence-electron chi connectivity index (χ1n) is 8.84. The topological polar surface area (TPSA) is 83.2 Å². The Balaban J connectivity index is 1.95. The molecule has 0 aliphatic carbocycles. The van der Waals surface area contributed by atoms with Gasteiger partial charge < -0.3 is 5.32 Å². The van der Waals surface area contributed by atoms with E-state index in [1.54, 1.807) is 12.1 Å². The molecule has 0 saturated carbocycles. The third-order valence-corrected chi connectivity index (χ3v) is 6.15. The van der Waals surface area contributed by atoms with Crippen LogP contribution in [0.5, 0.6) is 0 Å². The summed E-state index contributed by atoms with van der Waals surface area (Å²) in [7, 11) is -4.24. The third kappa shape index (κ3) is 3.69. The van der Waals surface area contributed by atoms with Crippen molar-refractivity contribution in [2.45, 2.75) is 17.0 Å². The van der Waals surface area contributed by atoms with E-state index in [-0.39, 0.29) is 18.1 Å². The second kappa shape index (κ2) is 7.03. The summed E-state index contributed by atoms with van der Waals surface area (Å²) in [5.41, 5.74) is 0.611. The lowest BCUT2D eigenvalue weighted by molar-refractivity contribution is -0.139. The molecule has 1 N–H and O–H groups in total. The van der Waals surface area contributed by atoms with Crippen LogP contribution in [0.2, 0.25) is 0 Å². The van der Waals surface area contributed by atoms with Gasteiger partial charge in [-0.2, -0.15) is 18.3 Å². The summed E-state index contributed by atoms with van der Waals surface area (Å²) in [5.74, 6) is 0.287. The number of benzene rings is 2. The van der Waals surface area contributed by atoms with E-state index < -0.39 is 26.5 Å². The Morgan fingerprint density at radius 3 is 2.24 bits per heavy atom. The smallest absolute Gasteiger partial charge is 0.315 e. The number of aliphatic imine (C=N–C) groups is 1. The molecular weight excluding hydrogens is 405 g/mol. The van der Waals surface area contributed by atoms with E-state index in [9.17, 15) is 21.6 Å². The number of alkyl halides is 3. The van der Waals surface area contributed by atoms with Gasteiger partial charge in [0.2, 0.25) is 0 Å². The SMILES string of the molecule is CS(=O)(=O)c1c(C(F)(F)F)ccc(-c2ccc(C3CNC3)cc2)c1C1=NCN=N1. The molecule has 6 nitrogen and oxygen atoms in total. The summed E-state index contributed by atoms with van der Waals surface area (Å²) in [5, 5.41) is 10.7. The van der Waals surface area contributed by atoms with E-state index >= 15 is 0 Å². The summed E-state index contributed by atoms with van der Waals surface area (Å²) in [6, 6.07) is 9.42. The molecule has 10 heteroatoms. The highest BCUT2D eigenvalue weighted by molar-refractivity contribution is 7.90. The minimum absolute atomic E-state index is 0.0537. The molecular formula is C19H17F3N4O2S. The normalized spacial score (nSPS) is 17.3. The molecule has 29 heavy (non-hydrogen) atoms. The number of sulfone groups is 1. The summed E-state index contributed by atoms with van der Waals surface area (Å²) in [6.45, 7) is 1.70. The van der Waals surface area contributed by atoms with Crippen molar-refractivity contribution in [1.29, 1.82) is 0 Å². The predicted octanol–water partition coefficient (Wildman–Crippen LogP) is 3.63. The lowest BCUT2D eigenvalue weighted by Gasteiger charge is -2.27. The maximum absolute atomic E-state index is 13.6. The molecule has 0 aromatic heterocycles. The Labute approximate surface area is 165 Å². The second-order valence-corrected chi connectivity index (χ2v) is 8.93. The first kappa shape index (κ1) is 19.7. The van der Waals surface area contributed by atoms with Crippen molar-refractivity contribution < 1.29 is 21.6 Å². The van der Waals surface area contributed by atoms with E-state index in [4.69, 9.17) is 0 Å². The molecule has 0 amide bonds. The summed E-state index contributed by atoms with van der Waals surface area (Å²) >= 11 is 0. The van der Waals surface area contributed by atoms with Crippen LogP contribution in [-0.2, 0) is 16.0 Å². The van der Waals surface area contributed by atoms with E-state index in [0.717, 1.165) is 31.0 Å². The van der Waals surface area contributed by atoms with Crippen LogP contribution in [0, 0.1) is 0 Å². The lowest BCUT2D eigenvalue weighted by Crippen LogP contribution is -2.39. The fraction of sp³-hybridized carbons (Fsp3) is 0.316. The Kier molecular flexibility index (Phi) is 4.78. The number of hydrogen-bond donors (Lipinski definition) is 1. The average molecular weight is 422 g/mol. The number of amidine groups is 1. The molecule has 0 unspecified atom stereocenters. The van der Waals surface area contributed by atoms with Gasteiger partial charge in [0.05, 0.1) is 10.5 Å². The van der Waals surface area contributed by atoms with Gasteiger partial charge in [-0.1, -0.05) is 30.3 Å². The highest BCUT2D eigenvalue weighted by Crippen LogP contribution is 2.40. The summed E-state index contributed by atoms with van der Waals surface area (Å²) in [6.07, 6.45) is -4.09. The number of nitrogens with zero attached hydrogens (tertiary/aromatic N) is 3. The minimum Gasteiger partial charge on any atom is -0.315 e. The molecule has 2 aromatic rings. The van der Waals surface area contributed by atoms with Gasteiger partial charge in [-0.25, -0.2) is 13.4 Å². The zero-order valence-electron chi connectivity index (χ0n) is 15.4. The van der Waals surface area contributed by atoms with Crippen LogP contribution in [0.3, 0.4) is 0 Å². The molecule has 0 atom stereocenters. The number of halogens is 3. The fourth-order valence-corrected chi connectivity index (χ4v) is 4.63. The third-order valence-electron chi connectivity index (χ3n) is 4.98. The largest absolute Gasteiger partial charge is 0.417 e. The van der Waals surface area contributed by atoms with E-state index in [2.05, 4.69) is 20.5 Å². The van der Waals surface area contributed by atoms with E-state index in [1.807, 2.05) is 12.1 Å². The second-order valence-electron chi connectivity index (χ2n) is 6.98. The van der Waals surface area contributed by atoms with Crippen molar-refractivity contribution >= 4 is 15.7 Å². The van der Waals surface area contributed by atoms with Crippen LogP contribution >= 0.6 is 0 Å². The predicted molar refractivity (Wildman–Crippen MR) is 102 cm³/mol. The van der Waals surface area contributed by atoms with E-state index in [1.165, 1.54) is 6.07 Å². The number of hydrogen-bond acceptors (Lipinski definition) is 6. The van der Waals surface area contributed by atoms with Gasteiger partial charge in [0.25, 0.3) is 0 Å². The minimum atomic E-state index is -4.84. The van der Waals surface area contributed by atoms with Crippen LogP contribution in [0.1, 0.15) is 22.6 Å². The molecule has 1 fully saturated rings. The van der Waals surface area contributed by atoms with Crippen molar-refractivity contribution in [3.05, 3.63) is 53.1 Å². The maximum atomic E-state index is 13.6. The number of nitrogens with one attached hydrogen (secondary N) is 1. The van der Waals surface area contributed by atoms with Gasteiger partial charge in [0.15, 0.2) is 22.3 Å². The standard InChI is InChI=1S/C19H17F3N4O2S/c1-29(27,28)17-15(19(20,21)22)7-6-14(16(17)18-24-10-25-26-18)12-4-2-11(3-5-12)13-8-23-9-13/h2-7,13,23H,8-10H2,1H3. The average Bonchev–Trinajstić information content (AvgIpc) is 3.12. The molecule has 1 saturated heterocycles. The van der Waals surface area contributed by atoms with Crippen molar-refractivity contribution in [3.8, 4) is 11.1 Å². The molecule has 152 valence electrons. The summed E-state index contributed by atoms with van der Waals surface area (Å²) < 4.78 is 65.6. The number of rotatable bonds is 4. The van der Waals surface area contributed by atoms with E-state index in [0.29, 0.717) is 17.0 Å². The zero-order chi connectivity index (χ0) is 20.8. The first-order valence-corrected chi connectivity index (χ1v) is 10.7. The van der Waals surface area contributed by atoms with Crippen LogP contribution in [0.15, 0.2) is 56.5 Å². The van der Waals surface area contributed by atoms with Crippen LogP contribution in [0.4, 0.5) is 13.2 Å². The molecule has 0 bridgehead atoms. The zero-order valence-corrected chi connectivity index (χ0v) is 16.2. The summed E-state index contributed by atoms with van der Waals surface area (Å²) in [4.78, 5) is 3.18. The van der Waals surface area contributed by atoms with Crippen LogP contribution in [-0.4, -0.2) is 40.3 Å². The molecule has 2 aliphatic heterocycles. The van der Waals surface area contributed by atoms with Gasteiger partial charge >= 0.3 is 6.18 Å². The molecule has 2 aromatic carbocycles. The van der Waals surface area contributed by atoms with Gasteiger partial charge in [-0.3, -0.25) is 0 Å². The molecule has 2 heterocycles. The Morgan fingerprint density at radius 2 is 1.76 bits per heavy atom. The lowest BCUT2D eigenvalue weighted by atomic mass is 9.90. The Bertz CT molecular complexity index is 1120. The number of azo groups is 1. The Hall–Kier alpha value is -2.59. The van der Waals surface area contributed by atoms with Gasteiger partial charge in [-0.15, -0.1) is 5.11 Å². The molecule has 0 spiro atoms. The molecule has 4 rings (SSSR count). The van der Waals surface area contributed by atoms with Crippen molar-refractivity contribution in [1.82, 2.24) is 5.32 Å². The highest BCUT2D eigenvalue weighted by atomic mass is 32.2. The molecule has 0 radical (unpaired) electrons. The molecule has 2 aliphatic rings. The van der Waals surface area contributed by atoms with Gasteiger partial charge in [0, 0.05) is 30.8 Å². The van der Waals surface area contributed by atoms with Gasteiger partial charge in [-0.05, 0) is 22.8 Å².